The number of carbonyl (C=O) groups excluding carboxylic acids is 1. The highest BCUT2D eigenvalue weighted by Gasteiger charge is 2.43. The number of thiophene rings is 1. The molecule has 2 aromatic heterocycles. The molecule has 1 saturated carbocycles. The predicted octanol–water partition coefficient (Wildman–Crippen LogP) is 3.68. The van der Waals surface area contributed by atoms with Gasteiger partial charge in [0.25, 0.3) is 0 Å². The lowest BCUT2D eigenvalue weighted by atomic mass is 9.71. The van der Waals surface area contributed by atoms with E-state index in [0.29, 0.717) is 13.0 Å². The first-order valence-electron chi connectivity index (χ1n) is 9.30. The molecule has 0 aromatic carbocycles. The van der Waals surface area contributed by atoms with Gasteiger partial charge in [0.15, 0.2) is 0 Å². The van der Waals surface area contributed by atoms with Crippen molar-refractivity contribution in [1.29, 1.82) is 0 Å². The number of aromatic nitrogens is 1. The molecule has 134 valence electrons. The third-order valence-corrected chi connectivity index (χ3v) is 6.77. The number of fused-ring (bicyclic) bond motifs is 1. The van der Waals surface area contributed by atoms with Gasteiger partial charge in [0, 0.05) is 31.4 Å². The quantitative estimate of drug-likeness (QED) is 0.906. The fourth-order valence-corrected chi connectivity index (χ4v) is 5.21. The van der Waals surface area contributed by atoms with E-state index >= 15 is 0 Å². The predicted molar refractivity (Wildman–Crippen MR) is 99.6 cm³/mol. The molecule has 1 amide bonds. The van der Waals surface area contributed by atoms with Gasteiger partial charge in [0.05, 0.1) is 18.1 Å². The average Bonchev–Trinajstić information content (AvgIpc) is 3.32. The average molecular weight is 359 g/mol. The Bertz CT molecular complexity index is 663. The number of likely N-dealkylation sites (tertiary alicyclic amines) is 1. The lowest BCUT2D eigenvalue weighted by molar-refractivity contribution is -0.143. The molecule has 5 heteroatoms. The summed E-state index contributed by atoms with van der Waals surface area (Å²) in [5.74, 6) is 0.461. The molecule has 2 aromatic rings. The van der Waals surface area contributed by atoms with Crippen molar-refractivity contribution in [3.05, 3.63) is 46.9 Å². The van der Waals surface area contributed by atoms with E-state index in [2.05, 4.69) is 21.4 Å². The van der Waals surface area contributed by atoms with Crippen LogP contribution in [-0.2, 0) is 4.79 Å². The molecule has 4 rings (SSSR count). The molecule has 3 heterocycles. The van der Waals surface area contributed by atoms with E-state index < -0.39 is 5.60 Å². The van der Waals surface area contributed by atoms with Crippen LogP contribution in [0.1, 0.15) is 50.1 Å². The zero-order valence-corrected chi connectivity index (χ0v) is 15.3. The Balaban J connectivity index is 1.47. The molecule has 3 unspecified atom stereocenters. The topological polar surface area (TPSA) is 45.5 Å². The maximum atomic E-state index is 13.0. The number of rotatable bonds is 4. The molecule has 1 N–H and O–H groups in total. The van der Waals surface area contributed by atoms with Crippen molar-refractivity contribution in [2.45, 2.75) is 50.2 Å². The first-order chi connectivity index (χ1) is 12.2. The first kappa shape index (κ1) is 16.9. The minimum absolute atomic E-state index is 0.0564. The summed E-state index contributed by atoms with van der Waals surface area (Å²) < 4.78 is 2.13. The minimum atomic E-state index is -0.526. The van der Waals surface area contributed by atoms with Gasteiger partial charge in [0.1, 0.15) is 0 Å². The van der Waals surface area contributed by atoms with Crippen LogP contribution in [0, 0.1) is 5.92 Å². The highest BCUT2D eigenvalue weighted by atomic mass is 32.1. The zero-order valence-electron chi connectivity index (χ0n) is 14.5. The Labute approximate surface area is 153 Å². The van der Waals surface area contributed by atoms with E-state index in [1.165, 1.54) is 12.0 Å². The molecule has 0 spiro atoms. The Morgan fingerprint density at radius 2 is 2.16 bits per heavy atom. The molecule has 2 aliphatic rings. The molecule has 1 aliphatic carbocycles. The molecular weight excluding hydrogens is 332 g/mol. The van der Waals surface area contributed by atoms with Gasteiger partial charge >= 0.3 is 0 Å². The maximum absolute atomic E-state index is 13.0. The van der Waals surface area contributed by atoms with E-state index in [1.54, 1.807) is 11.3 Å². The van der Waals surface area contributed by atoms with Crippen molar-refractivity contribution >= 4 is 17.2 Å². The minimum Gasteiger partial charge on any atom is -0.389 e. The van der Waals surface area contributed by atoms with Crippen LogP contribution in [0.25, 0.3) is 0 Å². The van der Waals surface area contributed by atoms with Crippen molar-refractivity contribution in [1.82, 2.24) is 9.47 Å². The van der Waals surface area contributed by atoms with Crippen LogP contribution >= 0.6 is 11.3 Å². The van der Waals surface area contributed by atoms with Gasteiger partial charge in [-0.3, -0.25) is 4.79 Å². The molecule has 0 bridgehead atoms. The van der Waals surface area contributed by atoms with E-state index in [9.17, 15) is 9.90 Å². The fraction of sp³-hybridized carbons (Fsp3) is 0.550. The highest BCUT2D eigenvalue weighted by Crippen LogP contribution is 2.40. The summed E-state index contributed by atoms with van der Waals surface area (Å²) in [5, 5.41) is 15.0. The maximum Gasteiger partial charge on any atom is 0.225 e. The van der Waals surface area contributed by atoms with Gasteiger partial charge in [-0.25, -0.2) is 0 Å². The number of hydrogen-bond acceptors (Lipinski definition) is 3. The van der Waals surface area contributed by atoms with Crippen molar-refractivity contribution in [2.24, 2.45) is 5.92 Å². The molecule has 4 nitrogen and oxygen atoms in total. The molecule has 1 saturated heterocycles. The molecule has 25 heavy (non-hydrogen) atoms. The van der Waals surface area contributed by atoms with E-state index in [0.717, 1.165) is 32.2 Å². The second-order valence-corrected chi connectivity index (χ2v) is 8.32. The van der Waals surface area contributed by atoms with Crippen LogP contribution in [-0.4, -0.2) is 39.2 Å². The summed E-state index contributed by atoms with van der Waals surface area (Å²) in [6.07, 6.45) is 9.53. The van der Waals surface area contributed by atoms with Gasteiger partial charge in [-0.05, 0) is 53.8 Å². The third kappa shape index (κ3) is 3.40. The zero-order chi connectivity index (χ0) is 17.3. The van der Waals surface area contributed by atoms with Crippen LogP contribution in [0.15, 0.2) is 41.4 Å². The van der Waals surface area contributed by atoms with E-state index in [4.69, 9.17) is 0 Å². The number of hydrogen-bond donors (Lipinski definition) is 1. The normalized spacial score (nSPS) is 27.7. The van der Waals surface area contributed by atoms with Gasteiger partial charge in [-0.1, -0.05) is 12.8 Å². The molecule has 2 fully saturated rings. The van der Waals surface area contributed by atoms with Gasteiger partial charge in [-0.2, -0.15) is 11.3 Å². The summed E-state index contributed by atoms with van der Waals surface area (Å²) in [4.78, 5) is 15.0. The summed E-state index contributed by atoms with van der Waals surface area (Å²) in [6.45, 7) is 1.41. The standard InChI is InChI=1S/C20H26N2O2S/c23-19(22-11-8-20(24)7-2-1-5-17(20)14-22)13-18(16-6-12-25-15-16)21-9-3-4-10-21/h3-4,6,9-10,12,15,17-18,24H,1-2,5,7-8,11,13-14H2. The third-order valence-electron chi connectivity index (χ3n) is 6.06. The number of amides is 1. The monoisotopic (exact) mass is 358 g/mol. The second kappa shape index (κ2) is 6.96. The Morgan fingerprint density at radius 1 is 1.32 bits per heavy atom. The number of nitrogens with zero attached hydrogens (tertiary/aromatic N) is 2. The van der Waals surface area contributed by atoms with Crippen molar-refractivity contribution in [3.63, 3.8) is 0 Å². The van der Waals surface area contributed by atoms with Gasteiger partial charge in [0.2, 0.25) is 5.91 Å². The van der Waals surface area contributed by atoms with Crippen molar-refractivity contribution in [2.75, 3.05) is 13.1 Å². The van der Waals surface area contributed by atoms with Gasteiger partial charge < -0.3 is 14.6 Å². The lowest BCUT2D eigenvalue weighted by Crippen LogP contribution is -2.54. The van der Waals surface area contributed by atoms with Crippen molar-refractivity contribution < 1.29 is 9.90 Å². The first-order valence-corrected chi connectivity index (χ1v) is 10.2. The Kier molecular flexibility index (Phi) is 4.69. The van der Waals surface area contributed by atoms with Crippen LogP contribution in [0.2, 0.25) is 0 Å². The summed E-state index contributed by atoms with van der Waals surface area (Å²) in [5.41, 5.74) is 0.670. The highest BCUT2D eigenvalue weighted by molar-refractivity contribution is 7.08. The Hall–Kier alpha value is -1.59. The number of piperidine rings is 1. The Morgan fingerprint density at radius 3 is 2.92 bits per heavy atom. The number of carbonyl (C=O) groups is 1. The largest absolute Gasteiger partial charge is 0.389 e. The molecule has 3 atom stereocenters. The summed E-state index contributed by atoms with van der Waals surface area (Å²) >= 11 is 1.67. The molecule has 1 aliphatic heterocycles. The van der Waals surface area contributed by atoms with Crippen molar-refractivity contribution in [3.8, 4) is 0 Å². The van der Waals surface area contributed by atoms with Crippen LogP contribution in [0.4, 0.5) is 0 Å². The fourth-order valence-electron chi connectivity index (χ4n) is 4.51. The SMILES string of the molecule is O=C(CC(c1ccsc1)n1cccc1)N1CCC2(O)CCCCC2C1. The molecule has 0 radical (unpaired) electrons. The number of aliphatic hydroxyl groups is 1. The van der Waals surface area contributed by atoms with Crippen LogP contribution in [0.5, 0.6) is 0 Å². The smallest absolute Gasteiger partial charge is 0.225 e. The van der Waals surface area contributed by atoms with Gasteiger partial charge in [-0.15, -0.1) is 0 Å². The summed E-state index contributed by atoms with van der Waals surface area (Å²) in [6, 6.07) is 6.18. The second-order valence-electron chi connectivity index (χ2n) is 7.54. The lowest BCUT2D eigenvalue weighted by Gasteiger charge is -2.47. The van der Waals surface area contributed by atoms with E-state index in [1.807, 2.05) is 29.4 Å². The van der Waals surface area contributed by atoms with E-state index in [-0.39, 0.29) is 17.9 Å². The summed E-state index contributed by atoms with van der Waals surface area (Å²) in [7, 11) is 0. The van der Waals surface area contributed by atoms with Crippen LogP contribution < -0.4 is 0 Å². The van der Waals surface area contributed by atoms with Crippen LogP contribution in [0.3, 0.4) is 0 Å². The molecular formula is C20H26N2O2S.